The number of nitrogens with zero attached hydrogens (tertiary/aromatic N) is 4. The van der Waals surface area contributed by atoms with Crippen LogP contribution in [0.4, 0.5) is 11.6 Å². The molecule has 14 nitrogen and oxygen atoms in total. The number of aryl methyl sites for hydroxylation is 2. The molecule has 4 unspecified atom stereocenters. The second kappa shape index (κ2) is 19.6. The molecular formula is C40H46FeN8O6-6. The maximum absolute atomic E-state index is 12.8. The zero-order valence-electron chi connectivity index (χ0n) is 31.2. The Morgan fingerprint density at radius 1 is 0.691 bits per heavy atom. The van der Waals surface area contributed by atoms with Gasteiger partial charge in [-0.2, -0.15) is 18.0 Å². The van der Waals surface area contributed by atoms with Crippen LogP contribution in [0.15, 0.2) is 84.9 Å². The SMILES string of the molecule is Cc1cccc(NC(=O)C2CCCN2C(=O)C(C)NC(=O)[c-]2[cH-][cH-][cH-][cH-]2)n1.Cc1cccc(NC(=O)C2CCCN2C(=O)C(C)NC(=O)[c-]2cccc2)n1.[Fe]. The predicted octanol–water partition coefficient (Wildman–Crippen LogP) is 3.71. The van der Waals surface area contributed by atoms with Crippen molar-refractivity contribution in [3.8, 4) is 0 Å². The average molecular weight is 791 g/mol. The number of pyridine rings is 2. The van der Waals surface area contributed by atoms with Crippen LogP contribution in [0, 0.1) is 13.8 Å². The van der Waals surface area contributed by atoms with E-state index in [1.165, 1.54) is 0 Å². The zero-order chi connectivity index (χ0) is 38.8. The van der Waals surface area contributed by atoms with Gasteiger partial charge in [-0.25, -0.2) is 22.1 Å². The van der Waals surface area contributed by atoms with Crippen molar-refractivity contribution in [1.29, 1.82) is 0 Å². The molecule has 55 heavy (non-hydrogen) atoms. The minimum absolute atomic E-state index is 0. The third-order valence-electron chi connectivity index (χ3n) is 9.24. The number of amides is 6. The van der Waals surface area contributed by atoms with Gasteiger partial charge in [-0.3, -0.25) is 24.0 Å². The first-order valence-electron chi connectivity index (χ1n) is 18.1. The summed E-state index contributed by atoms with van der Waals surface area (Å²) in [6.07, 6.45) is 2.67. The average Bonchev–Trinajstić information content (AvgIpc) is 3.99. The summed E-state index contributed by atoms with van der Waals surface area (Å²) in [7, 11) is 0. The van der Waals surface area contributed by atoms with Gasteiger partial charge in [0.2, 0.25) is 23.6 Å². The van der Waals surface area contributed by atoms with Crippen LogP contribution in [0.1, 0.15) is 71.6 Å². The molecule has 15 heteroatoms. The van der Waals surface area contributed by atoms with E-state index >= 15 is 0 Å². The predicted molar refractivity (Wildman–Crippen MR) is 203 cm³/mol. The Balaban J connectivity index is 0.000000240. The van der Waals surface area contributed by atoms with E-state index in [0.29, 0.717) is 48.7 Å². The Labute approximate surface area is 331 Å². The van der Waals surface area contributed by atoms with Gasteiger partial charge in [0.05, 0.1) is 6.04 Å². The van der Waals surface area contributed by atoms with Crippen molar-refractivity contribution in [3.05, 3.63) is 107 Å². The van der Waals surface area contributed by atoms with Crippen LogP contribution in [-0.4, -0.2) is 92.5 Å². The van der Waals surface area contributed by atoms with Crippen LogP contribution in [0.2, 0.25) is 0 Å². The number of carbonyl (C=O) groups is 6. The van der Waals surface area contributed by atoms with Gasteiger partial charge in [0.1, 0.15) is 29.8 Å². The number of likely N-dealkylation sites (tertiary alicyclic amines) is 2. The summed E-state index contributed by atoms with van der Waals surface area (Å²) in [5.41, 5.74) is 2.62. The van der Waals surface area contributed by atoms with Crippen LogP contribution in [0.3, 0.4) is 0 Å². The maximum Gasteiger partial charge on any atom is 0.248 e. The van der Waals surface area contributed by atoms with Gasteiger partial charge < -0.3 is 65.7 Å². The Bertz CT molecular complexity index is 1810. The van der Waals surface area contributed by atoms with Crippen molar-refractivity contribution in [1.82, 2.24) is 30.4 Å². The van der Waals surface area contributed by atoms with Crippen molar-refractivity contribution >= 4 is 47.1 Å². The molecule has 2 aromatic carbocycles. The molecule has 4 atom stereocenters. The summed E-state index contributed by atoms with van der Waals surface area (Å²) in [5, 5.41) is 11.0. The van der Waals surface area contributed by atoms with Gasteiger partial charge in [0, 0.05) is 41.5 Å². The molecule has 4 aromatic rings. The largest absolute Gasteiger partial charge is 0.699 e. The Morgan fingerprint density at radius 3 is 1.56 bits per heavy atom. The summed E-state index contributed by atoms with van der Waals surface area (Å²) in [5.74, 6) is -0.694. The summed E-state index contributed by atoms with van der Waals surface area (Å²) in [6, 6.07) is 22.0. The monoisotopic (exact) mass is 790 g/mol. The van der Waals surface area contributed by atoms with Crippen molar-refractivity contribution in [2.45, 2.75) is 77.5 Å². The molecule has 0 spiro atoms. The number of aromatic nitrogens is 2. The second-order valence-corrected chi connectivity index (χ2v) is 13.4. The number of carbonyl (C=O) groups excluding carboxylic acids is 6. The van der Waals surface area contributed by atoms with E-state index in [1.807, 2.05) is 38.1 Å². The summed E-state index contributed by atoms with van der Waals surface area (Å²) >= 11 is 0. The van der Waals surface area contributed by atoms with Crippen LogP contribution < -0.4 is 21.3 Å². The van der Waals surface area contributed by atoms with Gasteiger partial charge in [-0.05, 0) is 77.6 Å². The molecule has 2 aliphatic rings. The minimum atomic E-state index is -0.710. The third kappa shape index (κ3) is 11.2. The van der Waals surface area contributed by atoms with E-state index in [9.17, 15) is 28.8 Å². The molecule has 2 aromatic heterocycles. The molecule has 4 heterocycles. The normalized spacial score (nSPS) is 17.1. The second-order valence-electron chi connectivity index (χ2n) is 13.4. The van der Waals surface area contributed by atoms with Crippen LogP contribution in [0.5, 0.6) is 0 Å². The van der Waals surface area contributed by atoms with Gasteiger partial charge in [-0.15, -0.1) is 0 Å². The van der Waals surface area contributed by atoms with E-state index in [2.05, 4.69) is 31.2 Å². The standard InChI is InChI=1S/2C20H23N4O3.Fe/c2*1-13-7-5-11-17(21-13)23-19(26)16-10-6-12-24(16)20(27)14(2)22-18(25)15-8-3-4-9-15;/h2*3-5,7-9,11,14,16H,6,10,12H2,1-2H3,(H,22,25)(H,21,23,26);/q-5;-1;. The Hall–Kier alpha value is -5.66. The topological polar surface area (TPSA) is 183 Å². The molecule has 0 bridgehead atoms. The molecule has 6 rings (SSSR count). The fourth-order valence-electron chi connectivity index (χ4n) is 6.48. The van der Waals surface area contributed by atoms with Crippen molar-refractivity contribution < 1.29 is 45.8 Å². The Kier molecular flexibility index (Phi) is 15.0. The third-order valence-corrected chi connectivity index (χ3v) is 9.24. The summed E-state index contributed by atoms with van der Waals surface area (Å²) in [4.78, 5) is 86.8. The van der Waals surface area contributed by atoms with Crippen molar-refractivity contribution in [2.75, 3.05) is 23.7 Å². The number of hydrogen-bond acceptors (Lipinski definition) is 8. The van der Waals surface area contributed by atoms with Crippen LogP contribution >= 0.6 is 0 Å². The molecule has 6 amide bonds. The first kappa shape index (κ1) is 42.1. The number of hydrogen-bond donors (Lipinski definition) is 4. The quantitative estimate of drug-likeness (QED) is 0.139. The molecule has 0 radical (unpaired) electrons. The first-order valence-corrected chi connectivity index (χ1v) is 18.1. The first-order chi connectivity index (χ1) is 25.9. The van der Waals surface area contributed by atoms with E-state index < -0.39 is 24.2 Å². The van der Waals surface area contributed by atoms with Gasteiger partial charge in [0.25, 0.3) is 0 Å². The van der Waals surface area contributed by atoms with Gasteiger partial charge >= 0.3 is 0 Å². The van der Waals surface area contributed by atoms with E-state index in [4.69, 9.17) is 0 Å². The number of rotatable bonds is 10. The van der Waals surface area contributed by atoms with Crippen LogP contribution in [-0.2, 0) is 36.2 Å². The van der Waals surface area contributed by atoms with Crippen molar-refractivity contribution in [3.63, 3.8) is 0 Å². The molecular weight excluding hydrogens is 744 g/mol. The van der Waals surface area contributed by atoms with Gasteiger partial charge in [-0.1, -0.05) is 17.7 Å². The van der Waals surface area contributed by atoms with E-state index in [1.54, 1.807) is 84.3 Å². The molecule has 4 N–H and O–H groups in total. The molecule has 296 valence electrons. The molecule has 2 saturated heterocycles. The van der Waals surface area contributed by atoms with E-state index in [0.717, 1.165) is 24.2 Å². The number of nitrogens with one attached hydrogen (secondary N) is 4. The smallest absolute Gasteiger partial charge is 0.248 e. The molecule has 0 saturated carbocycles. The fraction of sp³-hybridized carbons (Fsp3) is 0.350. The van der Waals surface area contributed by atoms with Crippen molar-refractivity contribution in [2.24, 2.45) is 0 Å². The van der Waals surface area contributed by atoms with Gasteiger partial charge in [0.15, 0.2) is 5.91 Å². The maximum atomic E-state index is 12.8. The summed E-state index contributed by atoms with van der Waals surface area (Å²) < 4.78 is 0. The molecule has 2 fully saturated rings. The van der Waals surface area contributed by atoms with Crippen LogP contribution in [0.25, 0.3) is 0 Å². The summed E-state index contributed by atoms with van der Waals surface area (Å²) in [6.45, 7) is 7.96. The number of anilines is 2. The van der Waals surface area contributed by atoms with E-state index in [-0.39, 0.29) is 52.5 Å². The Morgan fingerprint density at radius 2 is 1.13 bits per heavy atom. The molecule has 2 aliphatic heterocycles. The minimum Gasteiger partial charge on any atom is -0.699 e. The molecule has 0 aliphatic carbocycles. The zero-order valence-corrected chi connectivity index (χ0v) is 32.3. The fourth-order valence-corrected chi connectivity index (χ4v) is 6.48.